The summed E-state index contributed by atoms with van der Waals surface area (Å²) in [5.74, 6) is -1.33. The van der Waals surface area contributed by atoms with Gasteiger partial charge in [-0.3, -0.25) is 9.69 Å². The Morgan fingerprint density at radius 2 is 1.25 bits per heavy atom. The van der Waals surface area contributed by atoms with Gasteiger partial charge in [0.2, 0.25) is 0 Å². The summed E-state index contributed by atoms with van der Waals surface area (Å²) < 4.78 is 0. The normalized spacial score (nSPS) is 14.4. The first-order valence-corrected chi connectivity index (χ1v) is 9.70. The summed E-state index contributed by atoms with van der Waals surface area (Å²) in [6.07, 6.45) is 0. The molecule has 3 aromatic rings. The lowest BCUT2D eigenvalue weighted by atomic mass is 9.90. The summed E-state index contributed by atoms with van der Waals surface area (Å²) in [4.78, 5) is 14.3. The van der Waals surface area contributed by atoms with Crippen molar-refractivity contribution < 1.29 is 9.90 Å². The smallest absolute Gasteiger partial charge is 0.308 e. The van der Waals surface area contributed by atoms with Crippen molar-refractivity contribution in [3.05, 3.63) is 108 Å². The molecule has 3 nitrogen and oxygen atoms in total. The molecule has 3 aromatic carbocycles. The van der Waals surface area contributed by atoms with Crippen LogP contribution in [0.1, 0.15) is 42.6 Å². The van der Waals surface area contributed by atoms with Crippen molar-refractivity contribution in [2.45, 2.75) is 32.5 Å². The van der Waals surface area contributed by atoms with Crippen molar-refractivity contribution >= 4 is 5.97 Å². The van der Waals surface area contributed by atoms with E-state index in [0.29, 0.717) is 6.54 Å². The summed E-state index contributed by atoms with van der Waals surface area (Å²) in [6.45, 7) is 4.63. The average molecular weight is 373 g/mol. The maximum absolute atomic E-state index is 12.0. The van der Waals surface area contributed by atoms with E-state index in [4.69, 9.17) is 0 Å². The zero-order valence-electron chi connectivity index (χ0n) is 16.4. The highest BCUT2D eigenvalue weighted by atomic mass is 16.4. The highest BCUT2D eigenvalue weighted by Crippen LogP contribution is 2.37. The maximum Gasteiger partial charge on any atom is 0.308 e. The Balaban J connectivity index is 2.06. The first-order chi connectivity index (χ1) is 13.6. The molecule has 28 heavy (non-hydrogen) atoms. The summed E-state index contributed by atoms with van der Waals surface area (Å²) in [7, 11) is 0. The van der Waals surface area contributed by atoms with Gasteiger partial charge in [0.1, 0.15) is 0 Å². The number of hydrogen-bond acceptors (Lipinski definition) is 2. The van der Waals surface area contributed by atoms with Crippen LogP contribution in [0.5, 0.6) is 0 Å². The number of carboxylic acids is 1. The SMILES string of the molecule is CC(c1ccccc1)N(Cc1ccccc1)[C@@H](c1ccccc1)[C@H](C)C(=O)O. The molecule has 0 spiro atoms. The Morgan fingerprint density at radius 3 is 1.75 bits per heavy atom. The van der Waals surface area contributed by atoms with Gasteiger partial charge in [-0.1, -0.05) is 97.9 Å². The van der Waals surface area contributed by atoms with E-state index in [2.05, 4.69) is 36.1 Å². The van der Waals surface area contributed by atoms with Gasteiger partial charge in [-0.05, 0) is 23.6 Å². The molecule has 0 aliphatic heterocycles. The van der Waals surface area contributed by atoms with Crippen LogP contribution in [0.15, 0.2) is 91.0 Å². The molecule has 144 valence electrons. The fourth-order valence-electron chi connectivity index (χ4n) is 3.75. The van der Waals surface area contributed by atoms with Crippen LogP contribution in [0.2, 0.25) is 0 Å². The van der Waals surface area contributed by atoms with Crippen LogP contribution in [-0.4, -0.2) is 16.0 Å². The molecule has 3 rings (SSSR count). The van der Waals surface area contributed by atoms with Crippen molar-refractivity contribution in [3.63, 3.8) is 0 Å². The Hall–Kier alpha value is -2.91. The second kappa shape index (κ2) is 9.34. The standard InChI is InChI=1S/C25H27NO2/c1-19(25(27)28)24(23-16-10-5-11-17-23)26(18-21-12-6-3-7-13-21)20(2)22-14-8-4-9-15-22/h3-17,19-20,24H,18H2,1-2H3,(H,27,28)/t19-,20?,24+/m0/s1. The number of benzene rings is 3. The molecular formula is C25H27NO2. The van der Waals surface area contributed by atoms with Crippen molar-refractivity contribution in [2.24, 2.45) is 5.92 Å². The van der Waals surface area contributed by atoms with Gasteiger partial charge >= 0.3 is 5.97 Å². The van der Waals surface area contributed by atoms with E-state index in [9.17, 15) is 9.90 Å². The van der Waals surface area contributed by atoms with Gasteiger partial charge in [0.25, 0.3) is 0 Å². The average Bonchev–Trinajstić information content (AvgIpc) is 2.74. The second-order valence-electron chi connectivity index (χ2n) is 7.23. The number of aliphatic carboxylic acids is 1. The predicted molar refractivity (Wildman–Crippen MR) is 113 cm³/mol. The molecule has 0 heterocycles. The first kappa shape index (κ1) is 19.8. The van der Waals surface area contributed by atoms with Crippen molar-refractivity contribution in [1.82, 2.24) is 4.90 Å². The highest BCUT2D eigenvalue weighted by Gasteiger charge is 2.33. The zero-order chi connectivity index (χ0) is 19.9. The van der Waals surface area contributed by atoms with Crippen LogP contribution < -0.4 is 0 Å². The molecule has 0 aliphatic rings. The van der Waals surface area contributed by atoms with E-state index < -0.39 is 11.9 Å². The van der Waals surface area contributed by atoms with Crippen molar-refractivity contribution in [2.75, 3.05) is 0 Å². The Kier molecular flexibility index (Phi) is 6.62. The molecule has 0 saturated heterocycles. The Bertz CT molecular complexity index is 865. The van der Waals surface area contributed by atoms with Gasteiger partial charge in [-0.2, -0.15) is 0 Å². The third-order valence-electron chi connectivity index (χ3n) is 5.35. The van der Waals surface area contributed by atoms with Gasteiger partial charge in [-0.15, -0.1) is 0 Å². The molecule has 3 atom stereocenters. The fourth-order valence-corrected chi connectivity index (χ4v) is 3.75. The molecule has 0 saturated carbocycles. The van der Waals surface area contributed by atoms with Crippen molar-refractivity contribution in [1.29, 1.82) is 0 Å². The van der Waals surface area contributed by atoms with E-state index in [1.165, 1.54) is 11.1 Å². The van der Waals surface area contributed by atoms with E-state index in [1.54, 1.807) is 6.92 Å². The molecule has 0 amide bonds. The lowest BCUT2D eigenvalue weighted by molar-refractivity contribution is -0.144. The molecule has 3 heteroatoms. The van der Waals surface area contributed by atoms with E-state index in [-0.39, 0.29) is 12.1 Å². The Labute approximate surface area is 167 Å². The molecule has 0 radical (unpaired) electrons. The van der Waals surface area contributed by atoms with Crippen LogP contribution in [-0.2, 0) is 11.3 Å². The molecule has 0 aliphatic carbocycles. The van der Waals surface area contributed by atoms with Crippen LogP contribution in [0.4, 0.5) is 0 Å². The largest absolute Gasteiger partial charge is 0.481 e. The fraction of sp³-hybridized carbons (Fsp3) is 0.240. The van der Waals surface area contributed by atoms with Crippen LogP contribution >= 0.6 is 0 Å². The van der Waals surface area contributed by atoms with Gasteiger partial charge in [0.05, 0.1) is 5.92 Å². The molecule has 1 N–H and O–H groups in total. The minimum atomic E-state index is -0.785. The minimum Gasteiger partial charge on any atom is -0.481 e. The number of carbonyl (C=O) groups is 1. The number of hydrogen-bond donors (Lipinski definition) is 1. The lowest BCUT2D eigenvalue weighted by Gasteiger charge is -2.39. The minimum absolute atomic E-state index is 0.0633. The lowest BCUT2D eigenvalue weighted by Crippen LogP contribution is -2.37. The van der Waals surface area contributed by atoms with Crippen molar-refractivity contribution in [3.8, 4) is 0 Å². The van der Waals surface area contributed by atoms with Gasteiger partial charge in [0, 0.05) is 18.6 Å². The number of carboxylic acid groups (broad SMARTS) is 1. The third-order valence-corrected chi connectivity index (χ3v) is 5.35. The summed E-state index contributed by atoms with van der Waals surface area (Å²) in [6, 6.07) is 30.3. The maximum atomic E-state index is 12.0. The first-order valence-electron chi connectivity index (χ1n) is 9.70. The van der Waals surface area contributed by atoms with Gasteiger partial charge in [-0.25, -0.2) is 0 Å². The van der Waals surface area contributed by atoms with E-state index >= 15 is 0 Å². The highest BCUT2D eigenvalue weighted by molar-refractivity contribution is 5.70. The monoisotopic (exact) mass is 373 g/mol. The van der Waals surface area contributed by atoms with E-state index in [0.717, 1.165) is 5.56 Å². The molecule has 1 unspecified atom stereocenters. The molecular weight excluding hydrogens is 346 g/mol. The molecule has 0 bridgehead atoms. The van der Waals surface area contributed by atoms with Gasteiger partial charge in [0.15, 0.2) is 0 Å². The number of rotatable bonds is 8. The summed E-state index contributed by atoms with van der Waals surface area (Å²) >= 11 is 0. The van der Waals surface area contributed by atoms with Crippen LogP contribution in [0.3, 0.4) is 0 Å². The molecule has 0 fully saturated rings. The quantitative estimate of drug-likeness (QED) is 0.550. The summed E-state index contributed by atoms with van der Waals surface area (Å²) in [5, 5.41) is 9.85. The second-order valence-corrected chi connectivity index (χ2v) is 7.23. The van der Waals surface area contributed by atoms with Gasteiger partial charge < -0.3 is 5.11 Å². The third kappa shape index (κ3) is 4.68. The Morgan fingerprint density at radius 1 is 0.786 bits per heavy atom. The van der Waals surface area contributed by atoms with Crippen LogP contribution in [0.25, 0.3) is 0 Å². The topological polar surface area (TPSA) is 40.5 Å². The molecule has 0 aromatic heterocycles. The predicted octanol–water partition coefficient (Wildman–Crippen LogP) is 5.71. The van der Waals surface area contributed by atoms with Crippen LogP contribution in [0, 0.1) is 5.92 Å². The number of nitrogens with zero attached hydrogens (tertiary/aromatic N) is 1. The van der Waals surface area contributed by atoms with E-state index in [1.807, 2.05) is 66.7 Å². The summed E-state index contributed by atoms with van der Waals surface area (Å²) in [5.41, 5.74) is 3.37. The zero-order valence-corrected chi connectivity index (χ0v) is 16.4.